The van der Waals surface area contributed by atoms with E-state index in [1.54, 1.807) is 0 Å². The number of nitrogens with zero attached hydrogens (tertiary/aromatic N) is 1. The summed E-state index contributed by atoms with van der Waals surface area (Å²) in [6.45, 7) is 0.482. The minimum Gasteiger partial charge on any atom is -0.480 e. The van der Waals surface area contributed by atoms with E-state index in [1.807, 2.05) is 42.3 Å². The van der Waals surface area contributed by atoms with Gasteiger partial charge < -0.3 is 15.3 Å². The number of benzene rings is 1. The van der Waals surface area contributed by atoms with Gasteiger partial charge in [0, 0.05) is 25.3 Å². The van der Waals surface area contributed by atoms with Crippen LogP contribution in [-0.4, -0.2) is 36.8 Å². The predicted octanol–water partition coefficient (Wildman–Crippen LogP) is 1.33. The summed E-state index contributed by atoms with van der Waals surface area (Å²) in [6, 6.07) is 9.74. The number of hydrogen-bond acceptors (Lipinski definition) is 3. The molecule has 1 aliphatic carbocycles. The zero-order chi connectivity index (χ0) is 12.3. The molecule has 1 fully saturated rings. The van der Waals surface area contributed by atoms with Crippen LogP contribution in [-0.2, 0) is 4.79 Å². The van der Waals surface area contributed by atoms with Crippen molar-refractivity contribution in [1.82, 2.24) is 5.32 Å². The summed E-state index contributed by atoms with van der Waals surface area (Å²) >= 11 is 0. The highest BCUT2D eigenvalue weighted by molar-refractivity contribution is 5.74. The molecule has 4 nitrogen and oxygen atoms in total. The molecule has 4 heteroatoms. The summed E-state index contributed by atoms with van der Waals surface area (Å²) in [5.41, 5.74) is 1.04. The molecule has 2 N–H and O–H groups in total. The van der Waals surface area contributed by atoms with Crippen LogP contribution in [0.15, 0.2) is 30.3 Å². The van der Waals surface area contributed by atoms with E-state index in [-0.39, 0.29) is 0 Å². The van der Waals surface area contributed by atoms with Crippen LogP contribution in [0.2, 0.25) is 0 Å². The SMILES string of the molecule is CN(CC(NC1CC1)C(=O)O)c1ccccc1. The molecule has 0 amide bonds. The predicted molar refractivity (Wildman–Crippen MR) is 67.3 cm³/mol. The third-order valence-electron chi connectivity index (χ3n) is 2.97. The minimum absolute atomic E-state index is 0.403. The first-order valence-corrected chi connectivity index (χ1v) is 5.92. The highest BCUT2D eigenvalue weighted by Crippen LogP contribution is 2.20. The summed E-state index contributed by atoms with van der Waals surface area (Å²) in [5, 5.41) is 12.3. The lowest BCUT2D eigenvalue weighted by molar-refractivity contribution is -0.139. The average Bonchev–Trinajstić information content (AvgIpc) is 3.13. The number of likely N-dealkylation sites (N-methyl/N-ethyl adjacent to an activating group) is 1. The Morgan fingerprint density at radius 2 is 2.12 bits per heavy atom. The Balaban J connectivity index is 1.94. The van der Waals surface area contributed by atoms with Crippen LogP contribution in [0.5, 0.6) is 0 Å². The van der Waals surface area contributed by atoms with Crippen molar-refractivity contribution < 1.29 is 9.90 Å². The van der Waals surface area contributed by atoms with Crippen molar-refractivity contribution in [2.45, 2.75) is 24.9 Å². The molecule has 0 aromatic heterocycles. The fourth-order valence-corrected chi connectivity index (χ4v) is 1.80. The van der Waals surface area contributed by atoms with Gasteiger partial charge in [0.15, 0.2) is 0 Å². The maximum absolute atomic E-state index is 11.1. The largest absolute Gasteiger partial charge is 0.480 e. The van der Waals surface area contributed by atoms with Crippen LogP contribution in [0, 0.1) is 0 Å². The molecule has 0 aliphatic heterocycles. The Labute approximate surface area is 101 Å². The first-order chi connectivity index (χ1) is 8.16. The Morgan fingerprint density at radius 1 is 1.47 bits per heavy atom. The fourth-order valence-electron chi connectivity index (χ4n) is 1.80. The van der Waals surface area contributed by atoms with Crippen LogP contribution < -0.4 is 10.2 Å². The monoisotopic (exact) mass is 234 g/mol. The second-order valence-electron chi connectivity index (χ2n) is 4.55. The van der Waals surface area contributed by atoms with Crippen molar-refractivity contribution in [3.8, 4) is 0 Å². The third kappa shape index (κ3) is 3.46. The molecule has 1 unspecified atom stereocenters. The summed E-state index contributed by atoms with van der Waals surface area (Å²) in [4.78, 5) is 13.1. The minimum atomic E-state index is -0.778. The van der Waals surface area contributed by atoms with Gasteiger partial charge >= 0.3 is 5.97 Å². The van der Waals surface area contributed by atoms with E-state index in [0.717, 1.165) is 18.5 Å². The second-order valence-corrected chi connectivity index (χ2v) is 4.55. The van der Waals surface area contributed by atoms with Crippen LogP contribution in [0.3, 0.4) is 0 Å². The molecule has 1 saturated carbocycles. The molecule has 1 aliphatic rings. The average molecular weight is 234 g/mol. The summed E-state index contributed by atoms with van der Waals surface area (Å²) in [7, 11) is 1.92. The van der Waals surface area contributed by atoms with Crippen LogP contribution >= 0.6 is 0 Å². The first-order valence-electron chi connectivity index (χ1n) is 5.92. The highest BCUT2D eigenvalue weighted by atomic mass is 16.4. The zero-order valence-electron chi connectivity index (χ0n) is 9.97. The van der Waals surface area contributed by atoms with E-state index in [1.165, 1.54) is 0 Å². The number of aliphatic carboxylic acids is 1. The lowest BCUT2D eigenvalue weighted by Gasteiger charge is -2.24. The van der Waals surface area contributed by atoms with Crippen LogP contribution in [0.4, 0.5) is 5.69 Å². The van der Waals surface area contributed by atoms with Gasteiger partial charge in [0.2, 0.25) is 0 Å². The van der Waals surface area contributed by atoms with E-state index in [0.29, 0.717) is 12.6 Å². The summed E-state index contributed by atoms with van der Waals surface area (Å²) < 4.78 is 0. The molecule has 1 aromatic rings. The molecule has 0 spiro atoms. The third-order valence-corrected chi connectivity index (χ3v) is 2.97. The molecule has 1 atom stereocenters. The topological polar surface area (TPSA) is 52.6 Å². The number of carboxylic acids is 1. The van der Waals surface area contributed by atoms with E-state index in [2.05, 4.69) is 5.32 Å². The van der Waals surface area contributed by atoms with Gasteiger partial charge in [-0.05, 0) is 25.0 Å². The first kappa shape index (κ1) is 11.9. The molecule has 0 bridgehead atoms. The number of anilines is 1. The molecular formula is C13H18N2O2. The van der Waals surface area contributed by atoms with E-state index >= 15 is 0 Å². The van der Waals surface area contributed by atoms with Gasteiger partial charge in [-0.2, -0.15) is 0 Å². The normalized spacial score (nSPS) is 16.5. The smallest absolute Gasteiger partial charge is 0.322 e. The Hall–Kier alpha value is -1.55. The molecule has 0 radical (unpaired) electrons. The molecule has 92 valence electrons. The van der Waals surface area contributed by atoms with Gasteiger partial charge in [0.25, 0.3) is 0 Å². The number of rotatable bonds is 6. The number of nitrogens with one attached hydrogen (secondary N) is 1. The van der Waals surface area contributed by atoms with Crippen molar-refractivity contribution in [2.24, 2.45) is 0 Å². The second kappa shape index (κ2) is 5.19. The van der Waals surface area contributed by atoms with Crippen molar-refractivity contribution in [2.75, 3.05) is 18.5 Å². The van der Waals surface area contributed by atoms with Gasteiger partial charge in [-0.1, -0.05) is 18.2 Å². The lowest BCUT2D eigenvalue weighted by Crippen LogP contribution is -2.46. The maximum Gasteiger partial charge on any atom is 0.322 e. The van der Waals surface area contributed by atoms with E-state index in [9.17, 15) is 4.79 Å². The van der Waals surface area contributed by atoms with Crippen molar-refractivity contribution in [3.05, 3.63) is 30.3 Å². The number of hydrogen-bond donors (Lipinski definition) is 2. The molecule has 1 aromatic carbocycles. The van der Waals surface area contributed by atoms with Gasteiger partial charge in [0.1, 0.15) is 6.04 Å². The molecule has 17 heavy (non-hydrogen) atoms. The molecular weight excluding hydrogens is 216 g/mol. The molecule has 0 heterocycles. The maximum atomic E-state index is 11.1. The van der Waals surface area contributed by atoms with Gasteiger partial charge in [0.05, 0.1) is 0 Å². The summed E-state index contributed by atoms with van der Waals surface area (Å²) in [5.74, 6) is -0.778. The fraction of sp³-hybridized carbons (Fsp3) is 0.462. The van der Waals surface area contributed by atoms with Gasteiger partial charge in [-0.15, -0.1) is 0 Å². The van der Waals surface area contributed by atoms with E-state index in [4.69, 9.17) is 5.11 Å². The van der Waals surface area contributed by atoms with Crippen molar-refractivity contribution in [1.29, 1.82) is 0 Å². The number of carboxylic acid groups (broad SMARTS) is 1. The standard InChI is InChI=1S/C13H18N2O2/c1-15(11-5-3-2-4-6-11)9-12(13(16)17)14-10-7-8-10/h2-6,10,12,14H,7-9H2,1H3,(H,16,17). The lowest BCUT2D eigenvalue weighted by atomic mass is 10.2. The van der Waals surface area contributed by atoms with Crippen LogP contribution in [0.25, 0.3) is 0 Å². The number of carbonyl (C=O) groups is 1. The molecule has 0 saturated heterocycles. The summed E-state index contributed by atoms with van der Waals surface area (Å²) in [6.07, 6.45) is 2.19. The number of para-hydroxylation sites is 1. The van der Waals surface area contributed by atoms with E-state index < -0.39 is 12.0 Å². The van der Waals surface area contributed by atoms with Crippen molar-refractivity contribution >= 4 is 11.7 Å². The Bertz CT molecular complexity index is 376. The Morgan fingerprint density at radius 3 is 2.65 bits per heavy atom. The van der Waals surface area contributed by atoms with Gasteiger partial charge in [-0.3, -0.25) is 4.79 Å². The quantitative estimate of drug-likeness (QED) is 0.779. The molecule has 2 rings (SSSR count). The van der Waals surface area contributed by atoms with Crippen molar-refractivity contribution in [3.63, 3.8) is 0 Å². The zero-order valence-corrected chi connectivity index (χ0v) is 9.97. The highest BCUT2D eigenvalue weighted by Gasteiger charge is 2.28. The van der Waals surface area contributed by atoms with Crippen LogP contribution in [0.1, 0.15) is 12.8 Å². The Kier molecular flexibility index (Phi) is 3.64. The van der Waals surface area contributed by atoms with Gasteiger partial charge in [-0.25, -0.2) is 0 Å².